The maximum absolute atomic E-state index is 12.5. The number of carbonyl (C=O) groups excluding carboxylic acids is 2. The topological polar surface area (TPSA) is 97.0 Å². The van der Waals surface area contributed by atoms with Crippen LogP contribution in [0.25, 0.3) is 0 Å². The molecule has 1 aliphatic rings. The minimum Gasteiger partial charge on any atom is -0.491 e. The number of amides is 2. The van der Waals surface area contributed by atoms with Gasteiger partial charge in [-0.2, -0.15) is 5.10 Å². The van der Waals surface area contributed by atoms with Crippen LogP contribution in [-0.2, 0) is 16.0 Å². The van der Waals surface area contributed by atoms with Crippen LogP contribution in [0.3, 0.4) is 0 Å². The van der Waals surface area contributed by atoms with Crippen molar-refractivity contribution >= 4 is 23.2 Å². The Hall–Kier alpha value is -3.35. The number of nitrogens with two attached hydrogens (primary N) is 1. The number of rotatable bonds is 8. The van der Waals surface area contributed by atoms with Crippen molar-refractivity contribution in [1.82, 2.24) is 5.32 Å². The summed E-state index contributed by atoms with van der Waals surface area (Å²) in [4.78, 5) is 24.3. The highest BCUT2D eigenvalue weighted by Crippen LogP contribution is 2.24. The van der Waals surface area contributed by atoms with E-state index in [0.717, 1.165) is 17.0 Å². The normalized spacial score (nSPS) is 15.9. The molecule has 2 aromatic carbocycles. The molecular weight excluding hydrogens is 368 g/mol. The van der Waals surface area contributed by atoms with Gasteiger partial charge in [0.25, 0.3) is 5.91 Å². The molecule has 0 aromatic heterocycles. The van der Waals surface area contributed by atoms with Crippen molar-refractivity contribution in [1.29, 1.82) is 0 Å². The third-order valence-electron chi connectivity index (χ3n) is 4.52. The lowest BCUT2D eigenvalue weighted by Crippen LogP contribution is -2.40. The number of benzene rings is 2. The zero-order valence-electron chi connectivity index (χ0n) is 16.7. The number of nitrogens with zero attached hydrogens (tertiary/aromatic N) is 2. The molecule has 0 fully saturated rings. The van der Waals surface area contributed by atoms with Crippen molar-refractivity contribution in [3.8, 4) is 5.75 Å². The van der Waals surface area contributed by atoms with Crippen molar-refractivity contribution in [2.45, 2.75) is 38.8 Å². The first-order chi connectivity index (χ1) is 13.9. The van der Waals surface area contributed by atoms with Crippen LogP contribution < -0.4 is 20.8 Å². The molecule has 0 aliphatic carbocycles. The fourth-order valence-electron chi connectivity index (χ4n) is 3.12. The third-order valence-corrected chi connectivity index (χ3v) is 4.52. The van der Waals surface area contributed by atoms with Gasteiger partial charge < -0.3 is 15.8 Å². The summed E-state index contributed by atoms with van der Waals surface area (Å²) in [6, 6.07) is 16.4. The van der Waals surface area contributed by atoms with Crippen molar-refractivity contribution in [3.05, 3.63) is 60.2 Å². The summed E-state index contributed by atoms with van der Waals surface area (Å²) in [6.07, 6.45) is 1.01. The largest absolute Gasteiger partial charge is 0.491 e. The number of hydrogen-bond acceptors (Lipinski definition) is 5. The summed E-state index contributed by atoms with van der Waals surface area (Å²) >= 11 is 0. The van der Waals surface area contributed by atoms with Gasteiger partial charge in [0, 0.05) is 13.0 Å². The summed E-state index contributed by atoms with van der Waals surface area (Å²) in [5.74, 6) is 0.0325. The maximum Gasteiger partial charge on any atom is 0.267 e. The molecule has 152 valence electrons. The Labute approximate surface area is 170 Å². The first-order valence-electron chi connectivity index (χ1n) is 9.69. The average molecular weight is 394 g/mol. The molecule has 0 spiro atoms. The number of carbonyl (C=O) groups is 2. The van der Waals surface area contributed by atoms with Crippen LogP contribution in [0.1, 0.15) is 25.8 Å². The van der Waals surface area contributed by atoms with Crippen LogP contribution in [-0.4, -0.2) is 36.2 Å². The van der Waals surface area contributed by atoms with Crippen molar-refractivity contribution < 1.29 is 14.3 Å². The van der Waals surface area contributed by atoms with E-state index in [4.69, 9.17) is 10.5 Å². The zero-order valence-corrected chi connectivity index (χ0v) is 16.7. The highest BCUT2D eigenvalue weighted by Gasteiger charge is 2.34. The molecule has 0 radical (unpaired) electrons. The molecule has 1 aliphatic heterocycles. The molecule has 29 heavy (non-hydrogen) atoms. The van der Waals surface area contributed by atoms with E-state index in [1.807, 2.05) is 68.4 Å². The fourth-order valence-corrected chi connectivity index (χ4v) is 3.12. The number of nitrogens with one attached hydrogen (secondary N) is 1. The van der Waals surface area contributed by atoms with Crippen molar-refractivity contribution in [2.75, 3.05) is 11.6 Å². The molecule has 0 saturated carbocycles. The molecule has 3 N–H and O–H groups in total. The maximum atomic E-state index is 12.5. The van der Waals surface area contributed by atoms with Gasteiger partial charge in [0.15, 0.2) is 0 Å². The zero-order chi connectivity index (χ0) is 20.8. The molecule has 1 unspecified atom stereocenters. The SMILES string of the molecule is CC(C)Oc1ccc(CCNC(=O)C2=NN(c3ccccc3)C(C(N)=O)C2)cc1. The van der Waals surface area contributed by atoms with Crippen molar-refractivity contribution in [3.63, 3.8) is 0 Å². The van der Waals surface area contributed by atoms with Gasteiger partial charge in [-0.05, 0) is 50.1 Å². The van der Waals surface area contributed by atoms with E-state index in [9.17, 15) is 9.59 Å². The fraction of sp³-hybridized carbons (Fsp3) is 0.318. The molecule has 0 bridgehead atoms. The monoisotopic (exact) mass is 394 g/mol. The lowest BCUT2D eigenvalue weighted by Gasteiger charge is -2.20. The van der Waals surface area contributed by atoms with E-state index in [0.29, 0.717) is 18.7 Å². The summed E-state index contributed by atoms with van der Waals surface area (Å²) in [7, 11) is 0. The Morgan fingerprint density at radius 1 is 1.17 bits per heavy atom. The number of para-hydroxylation sites is 1. The van der Waals surface area contributed by atoms with Gasteiger partial charge in [-0.3, -0.25) is 14.6 Å². The Morgan fingerprint density at radius 2 is 1.86 bits per heavy atom. The van der Waals surface area contributed by atoms with Gasteiger partial charge in [-0.1, -0.05) is 30.3 Å². The highest BCUT2D eigenvalue weighted by molar-refractivity contribution is 6.40. The van der Waals surface area contributed by atoms with Gasteiger partial charge >= 0.3 is 0 Å². The van der Waals surface area contributed by atoms with Crippen LogP contribution in [0.5, 0.6) is 5.75 Å². The van der Waals surface area contributed by atoms with E-state index in [1.54, 1.807) is 0 Å². The van der Waals surface area contributed by atoms with Crippen molar-refractivity contribution in [2.24, 2.45) is 10.8 Å². The van der Waals surface area contributed by atoms with E-state index in [1.165, 1.54) is 5.01 Å². The number of hydrazone groups is 1. The van der Waals surface area contributed by atoms with Gasteiger partial charge in [0.2, 0.25) is 5.91 Å². The van der Waals surface area contributed by atoms with E-state index < -0.39 is 11.9 Å². The van der Waals surface area contributed by atoms with Gasteiger partial charge in [-0.25, -0.2) is 0 Å². The second-order valence-corrected chi connectivity index (χ2v) is 7.17. The molecule has 0 saturated heterocycles. The Bertz CT molecular complexity index is 879. The lowest BCUT2D eigenvalue weighted by molar-refractivity contribution is -0.119. The minimum atomic E-state index is -0.661. The van der Waals surface area contributed by atoms with Crippen LogP contribution in [0.4, 0.5) is 5.69 Å². The summed E-state index contributed by atoms with van der Waals surface area (Å²) in [5, 5.41) is 8.74. The lowest BCUT2D eigenvalue weighted by atomic mass is 10.1. The van der Waals surface area contributed by atoms with E-state index >= 15 is 0 Å². The van der Waals surface area contributed by atoms with E-state index in [-0.39, 0.29) is 18.4 Å². The second kappa shape index (κ2) is 9.23. The molecule has 7 nitrogen and oxygen atoms in total. The smallest absolute Gasteiger partial charge is 0.267 e. The number of hydrogen-bond donors (Lipinski definition) is 2. The molecule has 2 amide bonds. The quantitative estimate of drug-likeness (QED) is 0.718. The van der Waals surface area contributed by atoms with Crippen LogP contribution >= 0.6 is 0 Å². The summed E-state index contributed by atoms with van der Waals surface area (Å²) in [6.45, 7) is 4.43. The van der Waals surface area contributed by atoms with Crippen LogP contribution in [0.15, 0.2) is 59.7 Å². The predicted molar refractivity (Wildman–Crippen MR) is 113 cm³/mol. The first-order valence-corrected chi connectivity index (χ1v) is 9.69. The molecule has 1 atom stereocenters. The molecule has 7 heteroatoms. The molecule has 1 heterocycles. The highest BCUT2D eigenvalue weighted by atomic mass is 16.5. The van der Waals surface area contributed by atoms with Gasteiger partial charge in [0.1, 0.15) is 17.5 Å². The summed E-state index contributed by atoms with van der Waals surface area (Å²) < 4.78 is 5.63. The molecule has 2 aromatic rings. The Kier molecular flexibility index (Phi) is 6.49. The Morgan fingerprint density at radius 3 is 2.48 bits per heavy atom. The van der Waals surface area contributed by atoms with Gasteiger partial charge in [-0.15, -0.1) is 0 Å². The number of primary amides is 1. The summed E-state index contributed by atoms with van der Waals surface area (Å²) in [5.41, 5.74) is 7.63. The molecular formula is C22H26N4O3. The Balaban J connectivity index is 1.57. The third kappa shape index (κ3) is 5.34. The molecule has 3 rings (SSSR count). The second-order valence-electron chi connectivity index (χ2n) is 7.17. The average Bonchev–Trinajstić information content (AvgIpc) is 3.15. The van der Waals surface area contributed by atoms with Crippen LogP contribution in [0, 0.1) is 0 Å². The van der Waals surface area contributed by atoms with E-state index in [2.05, 4.69) is 10.4 Å². The number of ether oxygens (including phenoxy) is 1. The number of anilines is 1. The standard InChI is InChI=1S/C22H26N4O3/c1-15(2)29-18-10-8-16(9-11-18)12-13-24-22(28)19-14-20(21(23)27)26(25-19)17-6-4-3-5-7-17/h3-11,15,20H,12-14H2,1-2H3,(H2,23,27)(H,24,28). The van der Waals surface area contributed by atoms with Crippen LogP contribution in [0.2, 0.25) is 0 Å². The minimum absolute atomic E-state index is 0.131. The predicted octanol–water partition coefficient (Wildman–Crippen LogP) is 2.25. The first kappa shape index (κ1) is 20.4. The van der Waals surface area contributed by atoms with Gasteiger partial charge in [0.05, 0.1) is 11.8 Å².